The Morgan fingerprint density at radius 1 is 1.13 bits per heavy atom. The number of anilines is 1. The molecule has 0 spiro atoms. The Kier molecular flexibility index (Phi) is 7.68. The maximum absolute atomic E-state index is 12.5. The number of carbonyl (C=O) groups is 1. The van der Waals surface area contributed by atoms with Gasteiger partial charge in [0.15, 0.2) is 5.16 Å². The molecule has 1 unspecified atom stereocenters. The van der Waals surface area contributed by atoms with Gasteiger partial charge in [-0.2, -0.15) is 0 Å². The van der Waals surface area contributed by atoms with Gasteiger partial charge in [0.05, 0.1) is 6.04 Å². The molecule has 2 aromatic carbocycles. The summed E-state index contributed by atoms with van der Waals surface area (Å²) < 4.78 is 0. The van der Waals surface area contributed by atoms with Crippen LogP contribution in [0, 0.1) is 6.92 Å². The number of hydrogen-bond acceptors (Lipinski definition) is 5. The predicted molar refractivity (Wildman–Crippen MR) is 122 cm³/mol. The van der Waals surface area contributed by atoms with Gasteiger partial charge in [-0.3, -0.25) is 0 Å². The Bertz CT molecular complexity index is 1000. The summed E-state index contributed by atoms with van der Waals surface area (Å²) in [6.07, 6.45) is 3.43. The number of nitrogens with zero attached hydrogens (tertiary/aromatic N) is 3. The molecule has 8 heteroatoms. The smallest absolute Gasteiger partial charge is 0.319 e. The number of halogens is 1. The van der Waals surface area contributed by atoms with Crippen LogP contribution >= 0.6 is 23.4 Å². The standard InChI is InChI=1S/C22H24ClN5OS/c1-15-13-16(30-22-24-11-6-12-25-22)9-10-19(15)27-21(29)26-14-20(28(2)3)17-7-4-5-8-18(17)23/h4-13,20H,14H2,1-3H3,(H2,26,27,29). The van der Waals surface area contributed by atoms with E-state index in [1.807, 2.05) is 68.4 Å². The molecular formula is C22H24ClN5OS. The van der Waals surface area contributed by atoms with Crippen LogP contribution in [0.2, 0.25) is 5.02 Å². The molecule has 2 N–H and O–H groups in total. The van der Waals surface area contributed by atoms with Gasteiger partial charge in [0.25, 0.3) is 0 Å². The van der Waals surface area contributed by atoms with Crippen molar-refractivity contribution in [3.8, 4) is 0 Å². The Balaban J connectivity index is 1.61. The lowest BCUT2D eigenvalue weighted by Gasteiger charge is -2.26. The predicted octanol–water partition coefficient (Wildman–Crippen LogP) is 5.01. The lowest BCUT2D eigenvalue weighted by atomic mass is 10.1. The fourth-order valence-corrected chi connectivity index (χ4v) is 4.03. The van der Waals surface area contributed by atoms with Crippen molar-refractivity contribution in [3.63, 3.8) is 0 Å². The number of hydrogen-bond donors (Lipinski definition) is 2. The molecule has 0 aliphatic rings. The first kappa shape index (κ1) is 22.1. The van der Waals surface area contributed by atoms with Crippen LogP contribution in [0.5, 0.6) is 0 Å². The molecule has 0 aliphatic heterocycles. The van der Waals surface area contributed by atoms with Crippen molar-refractivity contribution in [1.29, 1.82) is 0 Å². The third-order valence-electron chi connectivity index (χ3n) is 4.54. The number of carbonyl (C=O) groups excluding carboxylic acids is 1. The van der Waals surface area contributed by atoms with Gasteiger partial charge < -0.3 is 15.5 Å². The zero-order valence-corrected chi connectivity index (χ0v) is 18.7. The van der Waals surface area contributed by atoms with Crippen LogP contribution in [-0.4, -0.2) is 41.5 Å². The first-order chi connectivity index (χ1) is 14.4. The highest BCUT2D eigenvalue weighted by Gasteiger charge is 2.18. The van der Waals surface area contributed by atoms with Gasteiger partial charge >= 0.3 is 6.03 Å². The number of urea groups is 1. The molecule has 0 bridgehead atoms. The molecular weight excluding hydrogens is 418 g/mol. The van der Waals surface area contributed by atoms with Crippen LogP contribution in [0.25, 0.3) is 0 Å². The van der Waals surface area contributed by atoms with E-state index in [9.17, 15) is 4.79 Å². The van der Waals surface area contributed by atoms with Crippen LogP contribution in [0.1, 0.15) is 17.2 Å². The molecule has 0 saturated carbocycles. The molecule has 6 nitrogen and oxygen atoms in total. The molecule has 1 aromatic heterocycles. The third-order valence-corrected chi connectivity index (χ3v) is 5.77. The minimum Gasteiger partial charge on any atom is -0.336 e. The zero-order valence-electron chi connectivity index (χ0n) is 17.1. The normalized spacial score (nSPS) is 11.9. The van der Waals surface area contributed by atoms with Crippen molar-refractivity contribution in [3.05, 3.63) is 77.1 Å². The topological polar surface area (TPSA) is 70.1 Å². The summed E-state index contributed by atoms with van der Waals surface area (Å²) in [6, 6.07) is 15.0. The summed E-state index contributed by atoms with van der Waals surface area (Å²) in [7, 11) is 3.93. The molecule has 0 saturated heterocycles. The number of nitrogens with one attached hydrogen (secondary N) is 2. The van der Waals surface area contributed by atoms with Crippen LogP contribution in [0.3, 0.4) is 0 Å². The quantitative estimate of drug-likeness (QED) is 0.504. The first-order valence-electron chi connectivity index (χ1n) is 9.45. The van der Waals surface area contributed by atoms with E-state index < -0.39 is 0 Å². The maximum atomic E-state index is 12.5. The van der Waals surface area contributed by atoms with E-state index in [4.69, 9.17) is 11.6 Å². The van der Waals surface area contributed by atoms with Gasteiger partial charge in [-0.25, -0.2) is 14.8 Å². The molecule has 1 atom stereocenters. The second-order valence-electron chi connectivity index (χ2n) is 6.95. The van der Waals surface area contributed by atoms with E-state index in [2.05, 4.69) is 20.6 Å². The Hall–Kier alpha value is -2.61. The fraction of sp³-hybridized carbons (Fsp3) is 0.227. The summed E-state index contributed by atoms with van der Waals surface area (Å²) in [5.74, 6) is 0. The van der Waals surface area contributed by atoms with E-state index in [-0.39, 0.29) is 12.1 Å². The van der Waals surface area contributed by atoms with Crippen molar-refractivity contribution in [1.82, 2.24) is 20.2 Å². The van der Waals surface area contributed by atoms with E-state index >= 15 is 0 Å². The number of likely N-dealkylation sites (N-methyl/N-ethyl adjacent to an activating group) is 1. The van der Waals surface area contributed by atoms with Gasteiger partial charge in [-0.1, -0.05) is 29.8 Å². The zero-order chi connectivity index (χ0) is 21.5. The molecule has 3 aromatic rings. The van der Waals surface area contributed by atoms with Crippen molar-refractivity contribution in [2.24, 2.45) is 0 Å². The van der Waals surface area contributed by atoms with Crippen LogP contribution in [0.4, 0.5) is 10.5 Å². The summed E-state index contributed by atoms with van der Waals surface area (Å²) in [6.45, 7) is 2.39. The molecule has 3 rings (SSSR count). The monoisotopic (exact) mass is 441 g/mol. The number of rotatable bonds is 7. The van der Waals surface area contributed by atoms with Crippen LogP contribution in [-0.2, 0) is 0 Å². The Labute approximate surface area is 186 Å². The van der Waals surface area contributed by atoms with E-state index in [1.54, 1.807) is 18.5 Å². The van der Waals surface area contributed by atoms with Crippen molar-refractivity contribution in [2.75, 3.05) is 26.0 Å². The van der Waals surface area contributed by atoms with Crippen molar-refractivity contribution >= 4 is 35.1 Å². The van der Waals surface area contributed by atoms with E-state index in [0.29, 0.717) is 16.7 Å². The van der Waals surface area contributed by atoms with Gasteiger partial charge in [0, 0.05) is 34.5 Å². The lowest BCUT2D eigenvalue weighted by Crippen LogP contribution is -2.37. The highest BCUT2D eigenvalue weighted by Crippen LogP contribution is 2.28. The van der Waals surface area contributed by atoms with Crippen molar-refractivity contribution in [2.45, 2.75) is 23.0 Å². The van der Waals surface area contributed by atoms with Crippen molar-refractivity contribution < 1.29 is 4.79 Å². The SMILES string of the molecule is Cc1cc(Sc2ncccn2)ccc1NC(=O)NCC(c1ccccc1Cl)N(C)C. The number of aryl methyl sites for hydroxylation is 1. The molecule has 0 fully saturated rings. The lowest BCUT2D eigenvalue weighted by molar-refractivity contribution is 0.243. The second-order valence-corrected chi connectivity index (χ2v) is 8.39. The third kappa shape index (κ3) is 5.95. The molecule has 0 aliphatic carbocycles. The van der Waals surface area contributed by atoms with Crippen LogP contribution < -0.4 is 10.6 Å². The van der Waals surface area contributed by atoms with E-state index in [1.165, 1.54) is 11.8 Å². The molecule has 156 valence electrons. The average molecular weight is 442 g/mol. The summed E-state index contributed by atoms with van der Waals surface area (Å²) in [4.78, 5) is 24.0. The van der Waals surface area contributed by atoms with Gasteiger partial charge in [-0.05, 0) is 74.2 Å². The molecule has 1 heterocycles. The maximum Gasteiger partial charge on any atom is 0.319 e. The number of amides is 2. The fourth-order valence-electron chi connectivity index (χ4n) is 2.96. The first-order valence-corrected chi connectivity index (χ1v) is 10.6. The van der Waals surface area contributed by atoms with Gasteiger partial charge in [0.1, 0.15) is 0 Å². The highest BCUT2D eigenvalue weighted by molar-refractivity contribution is 7.99. The van der Waals surface area contributed by atoms with E-state index in [0.717, 1.165) is 21.7 Å². The number of benzene rings is 2. The van der Waals surface area contributed by atoms with Gasteiger partial charge in [0.2, 0.25) is 0 Å². The molecule has 0 radical (unpaired) electrons. The van der Waals surface area contributed by atoms with Crippen LogP contribution in [0.15, 0.2) is 71.0 Å². The molecule has 30 heavy (non-hydrogen) atoms. The minimum absolute atomic E-state index is 0.0322. The molecule has 2 amide bonds. The summed E-state index contributed by atoms with van der Waals surface area (Å²) in [5, 5.41) is 7.23. The highest BCUT2D eigenvalue weighted by atomic mass is 35.5. The Morgan fingerprint density at radius 2 is 1.87 bits per heavy atom. The summed E-state index contributed by atoms with van der Waals surface area (Å²) in [5.41, 5.74) is 2.69. The Morgan fingerprint density at radius 3 is 2.53 bits per heavy atom. The second kappa shape index (κ2) is 10.4. The largest absolute Gasteiger partial charge is 0.336 e. The average Bonchev–Trinajstić information content (AvgIpc) is 2.72. The van der Waals surface area contributed by atoms with Gasteiger partial charge in [-0.15, -0.1) is 0 Å². The summed E-state index contributed by atoms with van der Waals surface area (Å²) >= 11 is 7.81. The minimum atomic E-state index is -0.260. The number of aromatic nitrogens is 2.